The topological polar surface area (TPSA) is 62.2 Å². The van der Waals surface area contributed by atoms with Crippen LogP contribution in [0.25, 0.3) is 0 Å². The molecule has 0 unspecified atom stereocenters. The second-order valence-electron chi connectivity index (χ2n) is 6.15. The molecule has 0 radical (unpaired) electrons. The van der Waals surface area contributed by atoms with Gasteiger partial charge >= 0.3 is 6.18 Å². The van der Waals surface area contributed by atoms with Crippen molar-refractivity contribution in [2.75, 3.05) is 6.54 Å². The van der Waals surface area contributed by atoms with Gasteiger partial charge in [-0.15, -0.1) is 0 Å². The predicted octanol–water partition coefficient (Wildman–Crippen LogP) is 3.22. The van der Waals surface area contributed by atoms with Gasteiger partial charge in [0.05, 0.1) is 16.9 Å². The minimum absolute atomic E-state index is 0.0187. The summed E-state index contributed by atoms with van der Waals surface area (Å²) in [6, 6.07) is 1.92. The molecule has 1 aromatic rings. The van der Waals surface area contributed by atoms with Gasteiger partial charge in [0.2, 0.25) is 0 Å². The molecule has 1 aliphatic rings. The summed E-state index contributed by atoms with van der Waals surface area (Å²) in [5, 5.41) is 13.1. The fraction of sp³-hybridized carbons (Fsp3) is 0.625. The molecule has 7 heteroatoms. The zero-order valence-corrected chi connectivity index (χ0v) is 13.0. The number of carbonyl (C=O) groups excluding carboxylic acids is 1. The lowest BCUT2D eigenvalue weighted by atomic mass is 9.94. The third kappa shape index (κ3) is 4.67. The Morgan fingerprint density at radius 3 is 2.39 bits per heavy atom. The fourth-order valence-corrected chi connectivity index (χ4v) is 2.86. The molecule has 2 rings (SSSR count). The highest BCUT2D eigenvalue weighted by Crippen LogP contribution is 2.28. The number of aryl methyl sites for hydroxylation is 1. The van der Waals surface area contributed by atoms with Crippen molar-refractivity contribution in [2.45, 2.75) is 57.2 Å². The summed E-state index contributed by atoms with van der Waals surface area (Å²) >= 11 is 0. The number of aromatic nitrogens is 1. The van der Waals surface area contributed by atoms with Gasteiger partial charge < -0.3 is 10.4 Å². The lowest BCUT2D eigenvalue weighted by molar-refractivity contribution is -0.141. The summed E-state index contributed by atoms with van der Waals surface area (Å²) < 4.78 is 37.8. The maximum absolute atomic E-state index is 12.6. The van der Waals surface area contributed by atoms with Crippen molar-refractivity contribution in [2.24, 2.45) is 0 Å². The highest BCUT2D eigenvalue weighted by Gasteiger charge is 2.33. The van der Waals surface area contributed by atoms with Crippen molar-refractivity contribution in [1.82, 2.24) is 10.3 Å². The van der Waals surface area contributed by atoms with Gasteiger partial charge in [0.15, 0.2) is 0 Å². The zero-order chi connectivity index (χ0) is 17.1. The van der Waals surface area contributed by atoms with Crippen LogP contribution in [0.15, 0.2) is 12.1 Å². The fourth-order valence-electron chi connectivity index (χ4n) is 2.86. The first-order valence-electron chi connectivity index (χ1n) is 7.77. The van der Waals surface area contributed by atoms with E-state index in [4.69, 9.17) is 0 Å². The molecule has 0 aromatic carbocycles. The molecule has 4 nitrogen and oxygen atoms in total. The Balaban J connectivity index is 2.03. The number of rotatable bonds is 3. The van der Waals surface area contributed by atoms with Crippen LogP contribution in [0.4, 0.5) is 13.2 Å². The molecule has 0 aliphatic heterocycles. The second-order valence-corrected chi connectivity index (χ2v) is 6.15. The number of nitrogens with one attached hydrogen (secondary N) is 1. The Morgan fingerprint density at radius 2 is 1.87 bits per heavy atom. The first-order chi connectivity index (χ1) is 10.7. The maximum atomic E-state index is 12.6. The number of halogens is 3. The molecule has 1 saturated carbocycles. The van der Waals surface area contributed by atoms with Crippen LogP contribution in [-0.4, -0.2) is 28.1 Å². The Morgan fingerprint density at radius 1 is 1.26 bits per heavy atom. The average molecular weight is 330 g/mol. The van der Waals surface area contributed by atoms with E-state index in [1.165, 1.54) is 6.92 Å². The van der Waals surface area contributed by atoms with Crippen LogP contribution >= 0.6 is 0 Å². The Kier molecular flexibility index (Phi) is 5.29. The number of amides is 1. The van der Waals surface area contributed by atoms with Gasteiger partial charge in [-0.05, 0) is 31.9 Å². The van der Waals surface area contributed by atoms with Crippen LogP contribution in [0.2, 0.25) is 0 Å². The van der Waals surface area contributed by atoms with Crippen LogP contribution < -0.4 is 5.32 Å². The van der Waals surface area contributed by atoms with E-state index in [2.05, 4.69) is 10.3 Å². The zero-order valence-electron chi connectivity index (χ0n) is 13.0. The number of alkyl halides is 3. The third-order valence-corrected chi connectivity index (χ3v) is 4.23. The van der Waals surface area contributed by atoms with Crippen LogP contribution in [0.3, 0.4) is 0 Å². The van der Waals surface area contributed by atoms with E-state index in [1.807, 2.05) is 0 Å². The van der Waals surface area contributed by atoms with Crippen molar-refractivity contribution < 1.29 is 23.1 Å². The van der Waals surface area contributed by atoms with Crippen LogP contribution in [0, 0.1) is 6.92 Å². The van der Waals surface area contributed by atoms with E-state index in [0.29, 0.717) is 12.8 Å². The molecule has 1 aliphatic carbocycles. The first kappa shape index (κ1) is 17.7. The molecule has 0 atom stereocenters. The molecule has 1 aromatic heterocycles. The number of aliphatic hydroxyl groups is 1. The van der Waals surface area contributed by atoms with Gasteiger partial charge in [-0.3, -0.25) is 4.79 Å². The Bertz CT molecular complexity index is 565. The van der Waals surface area contributed by atoms with Gasteiger partial charge in [0.25, 0.3) is 5.91 Å². The van der Waals surface area contributed by atoms with E-state index < -0.39 is 23.4 Å². The molecule has 128 valence electrons. The van der Waals surface area contributed by atoms with E-state index >= 15 is 0 Å². The lowest BCUT2D eigenvalue weighted by Crippen LogP contribution is -2.42. The number of pyridine rings is 1. The summed E-state index contributed by atoms with van der Waals surface area (Å²) in [7, 11) is 0. The quantitative estimate of drug-likeness (QED) is 0.837. The Labute approximate surface area is 133 Å². The van der Waals surface area contributed by atoms with Crippen molar-refractivity contribution in [1.29, 1.82) is 0 Å². The van der Waals surface area contributed by atoms with Crippen molar-refractivity contribution in [3.63, 3.8) is 0 Å². The molecule has 1 heterocycles. The summed E-state index contributed by atoms with van der Waals surface area (Å²) in [4.78, 5) is 15.6. The summed E-state index contributed by atoms with van der Waals surface area (Å²) in [5.74, 6) is -0.513. The number of hydrogen-bond donors (Lipinski definition) is 2. The highest BCUT2D eigenvalue weighted by molar-refractivity contribution is 5.95. The second kappa shape index (κ2) is 6.86. The van der Waals surface area contributed by atoms with Gasteiger partial charge in [-0.1, -0.05) is 25.7 Å². The molecule has 1 fully saturated rings. The normalized spacial score (nSPS) is 18.3. The average Bonchev–Trinajstić information content (AvgIpc) is 2.69. The summed E-state index contributed by atoms with van der Waals surface area (Å²) in [6.45, 7) is 1.47. The minimum Gasteiger partial charge on any atom is -0.388 e. The molecule has 0 saturated heterocycles. The number of nitrogens with zero attached hydrogens (tertiary/aromatic N) is 1. The third-order valence-electron chi connectivity index (χ3n) is 4.23. The molecular formula is C16H21F3N2O2. The lowest BCUT2D eigenvalue weighted by Gasteiger charge is -2.26. The summed E-state index contributed by atoms with van der Waals surface area (Å²) in [6.07, 6.45) is 0.668. The maximum Gasteiger partial charge on any atom is 0.433 e. The van der Waals surface area contributed by atoms with Gasteiger partial charge in [0.1, 0.15) is 5.69 Å². The smallest absolute Gasteiger partial charge is 0.388 e. The molecule has 23 heavy (non-hydrogen) atoms. The van der Waals surface area contributed by atoms with Crippen LogP contribution in [0.1, 0.15) is 60.3 Å². The van der Waals surface area contributed by atoms with E-state index in [9.17, 15) is 23.1 Å². The molecule has 0 spiro atoms. The standard InChI is InChI=1S/C16H21F3N2O2/c1-11-12(6-7-13(21-11)16(17,18)19)14(22)20-10-15(23)8-4-2-3-5-9-15/h6-7,23H,2-5,8-10H2,1H3,(H,20,22). The molecule has 0 bridgehead atoms. The number of carbonyl (C=O) groups is 1. The SMILES string of the molecule is Cc1nc(C(F)(F)F)ccc1C(=O)NCC1(O)CCCCCC1. The van der Waals surface area contributed by atoms with Gasteiger partial charge in [-0.2, -0.15) is 13.2 Å². The summed E-state index contributed by atoms with van der Waals surface area (Å²) in [5.41, 5.74) is -1.84. The van der Waals surface area contributed by atoms with Crippen LogP contribution in [0.5, 0.6) is 0 Å². The van der Waals surface area contributed by atoms with Gasteiger partial charge in [0, 0.05) is 6.54 Å². The van der Waals surface area contributed by atoms with Crippen molar-refractivity contribution >= 4 is 5.91 Å². The predicted molar refractivity (Wildman–Crippen MR) is 79.0 cm³/mol. The molecule has 1 amide bonds. The molecule has 2 N–H and O–H groups in total. The van der Waals surface area contributed by atoms with E-state index in [-0.39, 0.29) is 17.8 Å². The van der Waals surface area contributed by atoms with Crippen LogP contribution in [-0.2, 0) is 6.18 Å². The minimum atomic E-state index is -4.53. The largest absolute Gasteiger partial charge is 0.433 e. The monoisotopic (exact) mass is 330 g/mol. The highest BCUT2D eigenvalue weighted by atomic mass is 19.4. The molecular weight excluding hydrogens is 309 g/mol. The van der Waals surface area contributed by atoms with Crippen molar-refractivity contribution in [3.8, 4) is 0 Å². The number of hydrogen-bond acceptors (Lipinski definition) is 3. The van der Waals surface area contributed by atoms with Crippen molar-refractivity contribution in [3.05, 3.63) is 29.1 Å². The van der Waals surface area contributed by atoms with Gasteiger partial charge in [-0.25, -0.2) is 4.98 Å². The first-order valence-corrected chi connectivity index (χ1v) is 7.77. The van der Waals surface area contributed by atoms with E-state index in [0.717, 1.165) is 37.8 Å². The Hall–Kier alpha value is -1.63. The van der Waals surface area contributed by atoms with E-state index in [1.54, 1.807) is 0 Å².